The predicted octanol–water partition coefficient (Wildman–Crippen LogP) is 3.34. The van der Waals surface area contributed by atoms with E-state index >= 15 is 0 Å². The van der Waals surface area contributed by atoms with E-state index < -0.39 is 12.3 Å². The van der Waals surface area contributed by atoms with Crippen molar-refractivity contribution in [3.63, 3.8) is 0 Å². The van der Waals surface area contributed by atoms with Crippen molar-refractivity contribution in [2.24, 2.45) is 5.92 Å². The van der Waals surface area contributed by atoms with Crippen LogP contribution in [0.15, 0.2) is 30.5 Å². The monoisotopic (exact) mass is 335 g/mol. The molecule has 2 aromatic rings. The second-order valence-electron chi connectivity index (χ2n) is 6.20. The van der Waals surface area contributed by atoms with Gasteiger partial charge in [-0.3, -0.25) is 9.48 Å². The van der Waals surface area contributed by atoms with Gasteiger partial charge in [0.2, 0.25) is 0 Å². The average Bonchev–Trinajstić information content (AvgIpc) is 3.11. The lowest BCUT2D eigenvalue weighted by Gasteiger charge is -2.13. The van der Waals surface area contributed by atoms with Crippen molar-refractivity contribution in [2.45, 2.75) is 32.9 Å². The largest absolute Gasteiger partial charge is 0.491 e. The molecule has 1 aromatic heterocycles. The first-order valence-corrected chi connectivity index (χ1v) is 7.83. The molecule has 1 atom stereocenters. The minimum Gasteiger partial charge on any atom is -0.491 e. The van der Waals surface area contributed by atoms with Gasteiger partial charge in [0.05, 0.1) is 17.8 Å². The van der Waals surface area contributed by atoms with E-state index in [2.05, 4.69) is 10.4 Å². The molecule has 0 aliphatic carbocycles. The number of carbonyl (C=O) groups is 1. The molecule has 0 unspecified atom stereocenters. The third-order valence-electron chi connectivity index (χ3n) is 3.87. The number of amides is 1. The van der Waals surface area contributed by atoms with E-state index in [1.54, 1.807) is 0 Å². The van der Waals surface area contributed by atoms with Gasteiger partial charge >= 0.3 is 0 Å². The topological polar surface area (TPSA) is 56.2 Å². The highest BCUT2D eigenvalue weighted by atomic mass is 19.3. The van der Waals surface area contributed by atoms with Crippen LogP contribution in [0.3, 0.4) is 0 Å². The number of halogens is 2. The van der Waals surface area contributed by atoms with Gasteiger partial charge in [-0.1, -0.05) is 32.0 Å². The maximum absolute atomic E-state index is 13.4. The number of fused-ring (bicyclic) bond motifs is 1. The van der Waals surface area contributed by atoms with Crippen LogP contribution in [0.5, 0.6) is 5.75 Å². The summed E-state index contributed by atoms with van der Waals surface area (Å²) in [6.07, 6.45) is -1.56. The van der Waals surface area contributed by atoms with E-state index in [1.165, 1.54) is 10.9 Å². The SMILES string of the molecule is CC(C)Cn1ncc(C(=O)N[C@@H]2COc3ccccc32)c1C(F)F. The molecule has 0 saturated heterocycles. The Labute approximate surface area is 138 Å². The van der Waals surface area contributed by atoms with Gasteiger partial charge in [-0.25, -0.2) is 8.78 Å². The van der Waals surface area contributed by atoms with Crippen LogP contribution in [0.2, 0.25) is 0 Å². The van der Waals surface area contributed by atoms with Crippen molar-refractivity contribution in [3.05, 3.63) is 47.3 Å². The number of hydrogen-bond acceptors (Lipinski definition) is 3. The summed E-state index contributed by atoms with van der Waals surface area (Å²) in [4.78, 5) is 12.5. The first-order chi connectivity index (χ1) is 11.5. The highest BCUT2D eigenvalue weighted by Gasteiger charge is 2.29. The Balaban J connectivity index is 1.82. The number of nitrogens with one attached hydrogen (secondary N) is 1. The fraction of sp³-hybridized carbons (Fsp3) is 0.412. The van der Waals surface area contributed by atoms with Crippen LogP contribution in [-0.2, 0) is 6.54 Å². The van der Waals surface area contributed by atoms with Crippen LogP contribution >= 0.6 is 0 Å². The number of rotatable bonds is 5. The maximum Gasteiger partial charge on any atom is 0.280 e. The first-order valence-electron chi connectivity index (χ1n) is 7.83. The molecule has 0 saturated carbocycles. The average molecular weight is 335 g/mol. The van der Waals surface area contributed by atoms with Crippen molar-refractivity contribution in [1.82, 2.24) is 15.1 Å². The Morgan fingerprint density at radius 2 is 2.17 bits per heavy atom. The molecule has 0 radical (unpaired) electrons. The van der Waals surface area contributed by atoms with Crippen molar-refractivity contribution >= 4 is 5.91 Å². The molecule has 3 rings (SSSR count). The number of carbonyl (C=O) groups excluding carboxylic acids is 1. The lowest BCUT2D eigenvalue weighted by Crippen LogP contribution is -2.30. The molecule has 2 heterocycles. The summed E-state index contributed by atoms with van der Waals surface area (Å²) in [7, 11) is 0. The summed E-state index contributed by atoms with van der Waals surface area (Å²) in [5.74, 6) is 0.284. The number of alkyl halides is 2. The second kappa shape index (κ2) is 6.59. The van der Waals surface area contributed by atoms with Gasteiger partial charge in [-0.15, -0.1) is 0 Å². The van der Waals surface area contributed by atoms with E-state index in [9.17, 15) is 13.6 Å². The summed E-state index contributed by atoms with van der Waals surface area (Å²) in [6, 6.07) is 7.00. The van der Waals surface area contributed by atoms with Gasteiger partial charge < -0.3 is 10.1 Å². The molecule has 128 valence electrons. The highest BCUT2D eigenvalue weighted by molar-refractivity contribution is 5.95. The Hall–Kier alpha value is -2.44. The zero-order valence-electron chi connectivity index (χ0n) is 13.5. The minimum atomic E-state index is -2.76. The predicted molar refractivity (Wildman–Crippen MR) is 84.2 cm³/mol. The fourth-order valence-electron chi connectivity index (χ4n) is 2.81. The van der Waals surface area contributed by atoms with Crippen LogP contribution in [0.4, 0.5) is 8.78 Å². The van der Waals surface area contributed by atoms with Gasteiger partial charge in [0.25, 0.3) is 12.3 Å². The third-order valence-corrected chi connectivity index (χ3v) is 3.87. The zero-order chi connectivity index (χ0) is 17.3. The number of aromatic nitrogens is 2. The van der Waals surface area contributed by atoms with E-state index in [4.69, 9.17) is 4.74 Å². The van der Waals surface area contributed by atoms with Crippen LogP contribution in [0.25, 0.3) is 0 Å². The molecule has 24 heavy (non-hydrogen) atoms. The molecule has 1 N–H and O–H groups in total. The Morgan fingerprint density at radius 3 is 2.88 bits per heavy atom. The number of para-hydroxylation sites is 1. The molecular weight excluding hydrogens is 316 g/mol. The first kappa shape index (κ1) is 16.4. The van der Waals surface area contributed by atoms with Gasteiger partial charge in [0.1, 0.15) is 18.1 Å². The fourth-order valence-corrected chi connectivity index (χ4v) is 2.81. The van der Waals surface area contributed by atoms with Crippen molar-refractivity contribution < 1.29 is 18.3 Å². The molecule has 1 aromatic carbocycles. The molecule has 1 aliphatic heterocycles. The second-order valence-corrected chi connectivity index (χ2v) is 6.20. The summed E-state index contributed by atoms with van der Waals surface area (Å²) in [6.45, 7) is 4.44. The molecular formula is C17H19F2N3O2. The van der Waals surface area contributed by atoms with Gasteiger partial charge in [-0.2, -0.15) is 5.10 Å². The van der Waals surface area contributed by atoms with Crippen LogP contribution in [-0.4, -0.2) is 22.3 Å². The third kappa shape index (κ3) is 3.11. The molecule has 1 amide bonds. The molecule has 0 fully saturated rings. The van der Waals surface area contributed by atoms with Crippen molar-refractivity contribution in [3.8, 4) is 5.75 Å². The van der Waals surface area contributed by atoms with Gasteiger partial charge in [0, 0.05) is 12.1 Å². The van der Waals surface area contributed by atoms with E-state index in [1.807, 2.05) is 38.1 Å². The number of ether oxygens (including phenoxy) is 1. The quantitative estimate of drug-likeness (QED) is 0.912. The standard InChI is InChI=1S/C17H19F2N3O2/c1-10(2)8-22-15(16(18)19)12(7-20-22)17(23)21-13-9-24-14-6-4-3-5-11(13)14/h3-7,10,13,16H,8-9H2,1-2H3,(H,21,23)/t13-/m1/s1. The van der Waals surface area contributed by atoms with Crippen molar-refractivity contribution in [2.75, 3.05) is 6.61 Å². The molecule has 7 heteroatoms. The number of hydrogen-bond donors (Lipinski definition) is 1. The molecule has 0 bridgehead atoms. The molecule has 0 spiro atoms. The van der Waals surface area contributed by atoms with Crippen LogP contribution in [0, 0.1) is 5.92 Å². The summed E-state index contributed by atoms with van der Waals surface area (Å²) in [5, 5.41) is 6.72. The van der Waals surface area contributed by atoms with E-state index in [0.717, 1.165) is 5.56 Å². The van der Waals surface area contributed by atoms with E-state index in [-0.39, 0.29) is 29.8 Å². The highest BCUT2D eigenvalue weighted by Crippen LogP contribution is 2.32. The number of benzene rings is 1. The maximum atomic E-state index is 13.4. The van der Waals surface area contributed by atoms with Gasteiger partial charge in [-0.05, 0) is 12.0 Å². The molecule has 5 nitrogen and oxygen atoms in total. The van der Waals surface area contributed by atoms with Crippen molar-refractivity contribution in [1.29, 1.82) is 0 Å². The minimum absolute atomic E-state index is 0.0879. The van der Waals surface area contributed by atoms with E-state index in [0.29, 0.717) is 12.3 Å². The Bertz CT molecular complexity index is 743. The lowest BCUT2D eigenvalue weighted by molar-refractivity contribution is 0.0912. The summed E-state index contributed by atoms with van der Waals surface area (Å²) >= 11 is 0. The Morgan fingerprint density at radius 1 is 1.42 bits per heavy atom. The lowest BCUT2D eigenvalue weighted by atomic mass is 10.1. The smallest absolute Gasteiger partial charge is 0.280 e. The normalized spacial score (nSPS) is 16.3. The van der Waals surface area contributed by atoms with Crippen LogP contribution in [0.1, 0.15) is 47.9 Å². The molecule has 1 aliphatic rings. The summed E-state index contributed by atoms with van der Waals surface area (Å²) < 4.78 is 33.5. The number of nitrogens with zero attached hydrogens (tertiary/aromatic N) is 2. The van der Waals surface area contributed by atoms with Gasteiger partial charge in [0.15, 0.2) is 0 Å². The Kier molecular flexibility index (Phi) is 4.51. The zero-order valence-corrected chi connectivity index (χ0v) is 13.5. The van der Waals surface area contributed by atoms with Crippen LogP contribution < -0.4 is 10.1 Å². The summed E-state index contributed by atoms with van der Waals surface area (Å²) in [5.41, 5.74) is 0.419.